The molecule has 2 rings (SSSR count). The first-order valence-corrected chi connectivity index (χ1v) is 6.14. The Hall–Kier alpha value is -1.48. The summed E-state index contributed by atoms with van der Waals surface area (Å²) in [5.41, 5.74) is 7.28. The van der Waals surface area contributed by atoms with Gasteiger partial charge in [0.2, 0.25) is 0 Å². The fraction of sp³-hybridized carbons (Fsp3) is 0.308. The Morgan fingerprint density at radius 3 is 2.88 bits per heavy atom. The van der Waals surface area contributed by atoms with E-state index in [1.54, 1.807) is 24.3 Å². The molecule has 0 bridgehead atoms. The first kappa shape index (κ1) is 12.0. The summed E-state index contributed by atoms with van der Waals surface area (Å²) in [6.07, 6.45) is 6.60. The van der Waals surface area contributed by atoms with Crippen LogP contribution < -0.4 is 10.9 Å². The van der Waals surface area contributed by atoms with Crippen molar-refractivity contribution in [3.8, 4) is 0 Å². The van der Waals surface area contributed by atoms with Crippen molar-refractivity contribution in [3.05, 3.63) is 46.6 Å². The summed E-state index contributed by atoms with van der Waals surface area (Å²) in [5, 5.41) is 0.564. The molecule has 0 atom stereocenters. The fourth-order valence-corrected chi connectivity index (χ4v) is 1.98. The molecule has 1 aliphatic rings. The molecule has 0 saturated heterocycles. The van der Waals surface area contributed by atoms with Crippen LogP contribution in [-0.2, 0) is 0 Å². The average molecular weight is 251 g/mol. The Kier molecular flexibility index (Phi) is 4.04. The number of rotatable bonds is 3. The molecule has 17 heavy (non-hydrogen) atoms. The van der Waals surface area contributed by atoms with Gasteiger partial charge in [-0.3, -0.25) is 10.2 Å². The van der Waals surface area contributed by atoms with Crippen LogP contribution in [0.5, 0.6) is 0 Å². The van der Waals surface area contributed by atoms with Gasteiger partial charge in [-0.2, -0.15) is 0 Å². The monoisotopic (exact) mass is 250 g/mol. The molecule has 0 aliphatic heterocycles. The topological polar surface area (TPSA) is 41.1 Å². The van der Waals surface area contributed by atoms with Crippen LogP contribution in [0.3, 0.4) is 0 Å². The zero-order valence-corrected chi connectivity index (χ0v) is 10.3. The van der Waals surface area contributed by atoms with Crippen LogP contribution in [-0.4, -0.2) is 5.91 Å². The number of hydrazine groups is 1. The lowest BCUT2D eigenvalue weighted by Crippen LogP contribution is -2.37. The van der Waals surface area contributed by atoms with E-state index in [-0.39, 0.29) is 5.91 Å². The number of halogens is 1. The smallest absolute Gasteiger partial charge is 0.269 e. The Labute approximate surface area is 106 Å². The normalized spacial score (nSPS) is 15.0. The van der Waals surface area contributed by atoms with Gasteiger partial charge in [0, 0.05) is 16.3 Å². The van der Waals surface area contributed by atoms with Gasteiger partial charge < -0.3 is 5.43 Å². The molecule has 0 spiro atoms. The maximum absolute atomic E-state index is 11.8. The van der Waals surface area contributed by atoms with Gasteiger partial charge in [-0.25, -0.2) is 0 Å². The van der Waals surface area contributed by atoms with E-state index in [0.29, 0.717) is 10.6 Å². The molecule has 1 aliphatic carbocycles. The molecule has 2 N–H and O–H groups in total. The zero-order valence-electron chi connectivity index (χ0n) is 9.50. The second-order valence-electron chi connectivity index (χ2n) is 4.06. The van der Waals surface area contributed by atoms with Gasteiger partial charge in [-0.15, -0.1) is 0 Å². The second-order valence-corrected chi connectivity index (χ2v) is 4.50. The molecule has 1 amide bonds. The van der Waals surface area contributed by atoms with E-state index >= 15 is 0 Å². The first-order chi connectivity index (χ1) is 8.25. The van der Waals surface area contributed by atoms with Gasteiger partial charge in [0.1, 0.15) is 0 Å². The van der Waals surface area contributed by atoms with E-state index in [9.17, 15) is 4.79 Å². The number of amides is 1. The van der Waals surface area contributed by atoms with Crippen LogP contribution in [0, 0.1) is 0 Å². The largest absolute Gasteiger partial charge is 0.303 e. The van der Waals surface area contributed by atoms with Gasteiger partial charge in [0.05, 0.1) is 0 Å². The van der Waals surface area contributed by atoms with E-state index in [0.717, 1.165) is 18.5 Å². The number of hydrogen-bond acceptors (Lipinski definition) is 2. The Morgan fingerprint density at radius 1 is 1.29 bits per heavy atom. The molecule has 0 unspecified atom stereocenters. The third-order valence-corrected chi connectivity index (χ3v) is 2.95. The summed E-state index contributed by atoms with van der Waals surface area (Å²) in [7, 11) is 0. The lowest BCUT2D eigenvalue weighted by Gasteiger charge is -2.15. The fourth-order valence-electron chi connectivity index (χ4n) is 1.79. The summed E-state index contributed by atoms with van der Waals surface area (Å²) >= 11 is 5.83. The molecule has 0 saturated carbocycles. The zero-order chi connectivity index (χ0) is 12.1. The summed E-state index contributed by atoms with van der Waals surface area (Å²) in [4.78, 5) is 11.8. The number of nitrogens with one attached hydrogen (secondary N) is 2. The predicted octanol–water partition coefficient (Wildman–Crippen LogP) is 3.03. The number of allylic oxidation sites excluding steroid dienone is 2. The van der Waals surface area contributed by atoms with Gasteiger partial charge in [0.25, 0.3) is 5.91 Å². The molecule has 1 aromatic carbocycles. The van der Waals surface area contributed by atoms with E-state index in [1.807, 2.05) is 0 Å². The van der Waals surface area contributed by atoms with Gasteiger partial charge >= 0.3 is 0 Å². The van der Waals surface area contributed by atoms with Crippen molar-refractivity contribution >= 4 is 17.5 Å². The minimum atomic E-state index is -0.168. The molecule has 4 heteroatoms. The highest BCUT2D eigenvalue weighted by atomic mass is 35.5. The van der Waals surface area contributed by atoms with Crippen LogP contribution in [0.2, 0.25) is 5.02 Å². The summed E-state index contributed by atoms with van der Waals surface area (Å²) in [5.74, 6) is -0.168. The second kappa shape index (κ2) is 5.73. The third-order valence-electron chi connectivity index (χ3n) is 2.71. The minimum absolute atomic E-state index is 0.168. The molecule has 90 valence electrons. The lowest BCUT2D eigenvalue weighted by atomic mass is 10.1. The predicted molar refractivity (Wildman–Crippen MR) is 68.6 cm³/mol. The standard InChI is InChI=1S/C13H15ClN2O/c14-11-6-4-5-10(9-11)13(17)16-15-12-7-2-1-3-8-12/h4-7,9,15H,1-3,8H2,(H,16,17). The average Bonchev–Trinajstić information content (AvgIpc) is 2.37. The molecular weight excluding hydrogens is 236 g/mol. The van der Waals surface area contributed by atoms with E-state index in [4.69, 9.17) is 11.6 Å². The van der Waals surface area contributed by atoms with Crippen LogP contribution >= 0.6 is 11.6 Å². The maximum Gasteiger partial charge on any atom is 0.269 e. The highest BCUT2D eigenvalue weighted by Crippen LogP contribution is 2.14. The third kappa shape index (κ3) is 3.49. The van der Waals surface area contributed by atoms with Gasteiger partial charge in [-0.1, -0.05) is 23.7 Å². The van der Waals surface area contributed by atoms with Crippen LogP contribution in [0.25, 0.3) is 0 Å². The Bertz CT molecular complexity index is 443. The molecule has 0 heterocycles. The van der Waals surface area contributed by atoms with Crippen molar-refractivity contribution in [1.82, 2.24) is 10.9 Å². The molecular formula is C13H15ClN2O. The van der Waals surface area contributed by atoms with Crippen molar-refractivity contribution < 1.29 is 4.79 Å². The van der Waals surface area contributed by atoms with E-state index in [1.165, 1.54) is 12.8 Å². The van der Waals surface area contributed by atoms with Crippen molar-refractivity contribution in [2.24, 2.45) is 0 Å². The molecule has 1 aromatic rings. The van der Waals surface area contributed by atoms with Crippen LogP contribution in [0.15, 0.2) is 36.0 Å². The van der Waals surface area contributed by atoms with E-state index in [2.05, 4.69) is 16.9 Å². The maximum atomic E-state index is 11.8. The van der Waals surface area contributed by atoms with Crippen molar-refractivity contribution in [3.63, 3.8) is 0 Å². The van der Waals surface area contributed by atoms with Crippen LogP contribution in [0.1, 0.15) is 36.0 Å². The number of carbonyl (C=O) groups is 1. The summed E-state index contributed by atoms with van der Waals surface area (Å²) in [6, 6.07) is 6.89. The number of hydrogen-bond donors (Lipinski definition) is 2. The Morgan fingerprint density at radius 2 is 2.18 bits per heavy atom. The SMILES string of the molecule is O=C(NNC1=CCCCC1)c1cccc(Cl)c1. The summed E-state index contributed by atoms with van der Waals surface area (Å²) in [6.45, 7) is 0. The molecule has 0 radical (unpaired) electrons. The van der Waals surface area contributed by atoms with Crippen LogP contribution in [0.4, 0.5) is 0 Å². The van der Waals surface area contributed by atoms with Gasteiger partial charge in [-0.05, 0) is 43.9 Å². The quantitative estimate of drug-likeness (QED) is 0.810. The minimum Gasteiger partial charge on any atom is -0.303 e. The highest BCUT2D eigenvalue weighted by Gasteiger charge is 2.07. The van der Waals surface area contributed by atoms with Crippen molar-refractivity contribution in [1.29, 1.82) is 0 Å². The molecule has 3 nitrogen and oxygen atoms in total. The first-order valence-electron chi connectivity index (χ1n) is 5.76. The summed E-state index contributed by atoms with van der Waals surface area (Å²) < 4.78 is 0. The van der Waals surface area contributed by atoms with Gasteiger partial charge in [0.15, 0.2) is 0 Å². The number of carbonyl (C=O) groups excluding carboxylic acids is 1. The van der Waals surface area contributed by atoms with E-state index < -0.39 is 0 Å². The molecule has 0 aromatic heterocycles. The lowest BCUT2D eigenvalue weighted by molar-refractivity contribution is 0.0938. The number of benzene rings is 1. The van der Waals surface area contributed by atoms with Crippen molar-refractivity contribution in [2.75, 3.05) is 0 Å². The molecule has 0 fully saturated rings. The Balaban J connectivity index is 1.91. The highest BCUT2D eigenvalue weighted by molar-refractivity contribution is 6.30. The van der Waals surface area contributed by atoms with Crippen molar-refractivity contribution in [2.45, 2.75) is 25.7 Å².